The molecule has 0 saturated carbocycles. The third kappa shape index (κ3) is 3.00. The molecule has 21 heavy (non-hydrogen) atoms. The minimum atomic E-state index is -0.169. The molecule has 6 heteroatoms. The van der Waals surface area contributed by atoms with Gasteiger partial charge in [-0.05, 0) is 25.8 Å². The first kappa shape index (κ1) is 15.7. The van der Waals surface area contributed by atoms with Crippen LogP contribution in [0.3, 0.4) is 0 Å². The van der Waals surface area contributed by atoms with Crippen molar-refractivity contribution in [2.75, 3.05) is 13.1 Å². The number of carbonyl (C=O) groups excluding carboxylic acids is 1. The molecule has 0 atom stereocenters. The predicted molar refractivity (Wildman–Crippen MR) is 79.6 cm³/mol. The van der Waals surface area contributed by atoms with Crippen LogP contribution in [-0.4, -0.2) is 39.2 Å². The third-order valence-corrected chi connectivity index (χ3v) is 4.26. The molecule has 0 saturated heterocycles. The van der Waals surface area contributed by atoms with E-state index in [4.69, 9.17) is 5.73 Å². The molecule has 2 heterocycles. The van der Waals surface area contributed by atoms with Gasteiger partial charge in [-0.2, -0.15) is 5.10 Å². The average Bonchev–Trinajstić information content (AvgIpc) is 2.88. The number of amides is 1. The first-order valence-electron chi connectivity index (χ1n) is 7.29. The number of fused-ring (bicyclic) bond motifs is 1. The van der Waals surface area contributed by atoms with Crippen molar-refractivity contribution in [2.45, 2.75) is 45.7 Å². The van der Waals surface area contributed by atoms with Crippen molar-refractivity contribution < 1.29 is 9.18 Å². The van der Waals surface area contributed by atoms with Crippen molar-refractivity contribution in [3.8, 4) is 0 Å². The Balaban J connectivity index is 2.25. The van der Waals surface area contributed by atoms with Crippen LogP contribution >= 0.6 is 0 Å². The fourth-order valence-electron chi connectivity index (χ4n) is 2.49. The van der Waals surface area contributed by atoms with Gasteiger partial charge in [0.05, 0.1) is 24.1 Å². The van der Waals surface area contributed by atoms with Crippen LogP contribution in [-0.2, 0) is 13.0 Å². The van der Waals surface area contributed by atoms with Gasteiger partial charge in [0.25, 0.3) is 5.91 Å². The van der Waals surface area contributed by atoms with Crippen molar-refractivity contribution >= 4 is 5.91 Å². The van der Waals surface area contributed by atoms with E-state index in [1.807, 2.05) is 4.90 Å². The van der Waals surface area contributed by atoms with E-state index in [2.05, 4.69) is 25.9 Å². The number of carbonyl (C=O) groups is 1. The van der Waals surface area contributed by atoms with E-state index in [1.54, 1.807) is 10.9 Å². The molecule has 1 aliphatic rings. The summed E-state index contributed by atoms with van der Waals surface area (Å²) in [6.07, 6.45) is 3.84. The van der Waals surface area contributed by atoms with Crippen LogP contribution in [0.1, 0.15) is 43.2 Å². The normalized spacial score (nSPS) is 16.3. The van der Waals surface area contributed by atoms with Gasteiger partial charge < -0.3 is 10.6 Å². The lowest BCUT2D eigenvalue weighted by molar-refractivity contribution is 0.0517. The smallest absolute Gasteiger partial charge is 0.257 e. The van der Waals surface area contributed by atoms with Gasteiger partial charge in [-0.25, -0.2) is 4.39 Å². The molecule has 1 aromatic heterocycles. The molecule has 0 spiro atoms. The second-order valence-electron chi connectivity index (χ2n) is 6.03. The number of nitrogens with zero attached hydrogens (tertiary/aromatic N) is 3. The number of hydrogen-bond acceptors (Lipinski definition) is 3. The monoisotopic (exact) mass is 294 g/mol. The molecular weight excluding hydrogens is 271 g/mol. The zero-order valence-corrected chi connectivity index (χ0v) is 12.9. The fraction of sp³-hybridized carbons (Fsp3) is 0.600. The summed E-state index contributed by atoms with van der Waals surface area (Å²) in [5.41, 5.74) is 7.15. The molecule has 1 amide bonds. The summed E-state index contributed by atoms with van der Waals surface area (Å²) in [5, 5.41) is 4.39. The minimum Gasteiger partial charge on any atom is -0.333 e. The molecule has 5 nitrogen and oxygen atoms in total. The summed E-state index contributed by atoms with van der Waals surface area (Å²) in [5.74, 6) is 0.00729. The summed E-state index contributed by atoms with van der Waals surface area (Å²) in [6, 6.07) is 0. The Hall–Kier alpha value is -1.69. The van der Waals surface area contributed by atoms with E-state index >= 15 is 0 Å². The Morgan fingerprint density at radius 2 is 2.29 bits per heavy atom. The molecule has 2 N–H and O–H groups in total. The first-order chi connectivity index (χ1) is 9.92. The van der Waals surface area contributed by atoms with Gasteiger partial charge >= 0.3 is 0 Å². The Morgan fingerprint density at radius 3 is 2.86 bits per heavy atom. The Bertz CT molecular complexity index is 562. The lowest BCUT2D eigenvalue weighted by atomic mass is 9.95. The van der Waals surface area contributed by atoms with Crippen LogP contribution in [0.4, 0.5) is 4.39 Å². The zero-order valence-electron chi connectivity index (χ0n) is 12.9. The molecule has 0 unspecified atom stereocenters. The zero-order chi connectivity index (χ0) is 15.6. The second-order valence-corrected chi connectivity index (χ2v) is 6.03. The van der Waals surface area contributed by atoms with Crippen molar-refractivity contribution in [2.24, 2.45) is 5.73 Å². The summed E-state index contributed by atoms with van der Waals surface area (Å²) < 4.78 is 14.2. The highest BCUT2D eigenvalue weighted by Gasteiger charge is 2.35. The number of halogens is 1. The van der Waals surface area contributed by atoms with Crippen molar-refractivity contribution in [3.05, 3.63) is 29.4 Å². The molecular formula is C15H23FN4O. The molecule has 0 radical (unpaired) electrons. The topological polar surface area (TPSA) is 64.2 Å². The highest BCUT2D eigenvalue weighted by atomic mass is 19.1. The number of hydrogen-bond donors (Lipinski definition) is 1. The van der Waals surface area contributed by atoms with Crippen molar-refractivity contribution in [1.29, 1.82) is 0 Å². The molecule has 116 valence electrons. The van der Waals surface area contributed by atoms with Gasteiger partial charge in [0, 0.05) is 31.2 Å². The average molecular weight is 294 g/mol. The SMILES string of the molecule is CCC(C)(C)N1CCc2nn(CC(=CF)CN)cc2C1=O. The van der Waals surface area contributed by atoms with Crippen molar-refractivity contribution in [1.82, 2.24) is 14.7 Å². The van der Waals surface area contributed by atoms with E-state index in [0.29, 0.717) is 24.0 Å². The van der Waals surface area contributed by atoms with E-state index in [1.165, 1.54) is 0 Å². The van der Waals surface area contributed by atoms with Crippen LogP contribution < -0.4 is 5.73 Å². The van der Waals surface area contributed by atoms with E-state index < -0.39 is 0 Å². The van der Waals surface area contributed by atoms with Crippen LogP contribution in [0.15, 0.2) is 18.1 Å². The summed E-state index contributed by atoms with van der Waals surface area (Å²) >= 11 is 0. The highest BCUT2D eigenvalue weighted by Crippen LogP contribution is 2.26. The molecule has 0 aromatic carbocycles. The van der Waals surface area contributed by atoms with Gasteiger partial charge in [-0.15, -0.1) is 0 Å². The van der Waals surface area contributed by atoms with Crippen LogP contribution in [0.5, 0.6) is 0 Å². The maximum absolute atomic E-state index is 12.6. The van der Waals surface area contributed by atoms with E-state index in [-0.39, 0.29) is 24.5 Å². The minimum absolute atomic E-state index is 0.00729. The van der Waals surface area contributed by atoms with Crippen molar-refractivity contribution in [3.63, 3.8) is 0 Å². The Kier molecular flexibility index (Phi) is 4.46. The highest BCUT2D eigenvalue weighted by molar-refractivity contribution is 5.96. The Labute approximate surface area is 124 Å². The molecule has 2 rings (SSSR count). The predicted octanol–water partition coefficient (Wildman–Crippen LogP) is 1.88. The lowest BCUT2D eigenvalue weighted by Crippen LogP contribution is -2.50. The van der Waals surface area contributed by atoms with E-state index in [9.17, 15) is 9.18 Å². The van der Waals surface area contributed by atoms with Crippen LogP contribution in [0, 0.1) is 0 Å². The molecule has 0 aliphatic carbocycles. The number of nitrogens with two attached hydrogens (primary N) is 1. The maximum atomic E-state index is 12.6. The van der Waals surface area contributed by atoms with Gasteiger partial charge in [-0.3, -0.25) is 9.48 Å². The van der Waals surface area contributed by atoms with Gasteiger partial charge in [0.15, 0.2) is 0 Å². The molecule has 1 aromatic rings. The van der Waals surface area contributed by atoms with Gasteiger partial charge in [0.1, 0.15) is 0 Å². The maximum Gasteiger partial charge on any atom is 0.257 e. The van der Waals surface area contributed by atoms with Crippen LogP contribution in [0.2, 0.25) is 0 Å². The summed E-state index contributed by atoms with van der Waals surface area (Å²) in [4.78, 5) is 14.5. The second kappa shape index (κ2) is 5.97. The van der Waals surface area contributed by atoms with Gasteiger partial charge in [-0.1, -0.05) is 6.92 Å². The molecule has 0 fully saturated rings. The fourth-order valence-corrected chi connectivity index (χ4v) is 2.49. The third-order valence-electron chi connectivity index (χ3n) is 4.26. The Morgan fingerprint density at radius 1 is 1.57 bits per heavy atom. The van der Waals surface area contributed by atoms with Gasteiger partial charge in [0.2, 0.25) is 0 Å². The van der Waals surface area contributed by atoms with Crippen LogP contribution in [0.25, 0.3) is 0 Å². The lowest BCUT2D eigenvalue weighted by Gasteiger charge is -2.40. The quantitative estimate of drug-likeness (QED) is 0.902. The molecule has 1 aliphatic heterocycles. The largest absolute Gasteiger partial charge is 0.333 e. The van der Waals surface area contributed by atoms with E-state index in [0.717, 1.165) is 18.5 Å². The number of rotatable bonds is 5. The summed E-state index contributed by atoms with van der Waals surface area (Å²) in [6.45, 7) is 7.31. The first-order valence-corrected chi connectivity index (χ1v) is 7.29. The summed E-state index contributed by atoms with van der Waals surface area (Å²) in [7, 11) is 0. The standard InChI is InChI=1S/C15H23FN4O/c1-4-15(2,3)20-6-5-13-12(14(20)21)10-19(18-13)9-11(7-16)8-17/h7,10H,4-6,8-9,17H2,1-3H3. The molecule has 0 bridgehead atoms. The number of aromatic nitrogens is 2.